The number of nitrogens with zero attached hydrogens (tertiary/aromatic N) is 1. The number of amides is 1. The number of nitrogens with two attached hydrogens (primary N) is 1. The van der Waals surface area contributed by atoms with Crippen molar-refractivity contribution in [2.45, 2.75) is 38.6 Å². The van der Waals surface area contributed by atoms with Gasteiger partial charge < -0.3 is 10.6 Å². The van der Waals surface area contributed by atoms with Crippen LogP contribution in [0.3, 0.4) is 0 Å². The standard InChI is InChI=1S/C13H22N2O.ClH/c1-8(9-2-3-9)13(16)15-6-10-4-5-12(14)11(10)7-15;/h8-12H,2-7,14H2,1H3;1H. The molecule has 0 bridgehead atoms. The summed E-state index contributed by atoms with van der Waals surface area (Å²) in [6, 6.07) is 0.346. The van der Waals surface area contributed by atoms with Crippen molar-refractivity contribution < 1.29 is 4.79 Å². The van der Waals surface area contributed by atoms with E-state index in [4.69, 9.17) is 5.73 Å². The molecule has 2 aliphatic carbocycles. The van der Waals surface area contributed by atoms with E-state index in [1.165, 1.54) is 19.3 Å². The Morgan fingerprint density at radius 2 is 1.94 bits per heavy atom. The third-order valence-electron chi connectivity index (χ3n) is 4.94. The van der Waals surface area contributed by atoms with Crippen LogP contribution in [0.25, 0.3) is 0 Å². The number of hydrogen-bond acceptors (Lipinski definition) is 2. The summed E-state index contributed by atoms with van der Waals surface area (Å²) in [4.78, 5) is 14.3. The zero-order chi connectivity index (χ0) is 11.3. The van der Waals surface area contributed by atoms with Gasteiger partial charge in [-0.05, 0) is 43.4 Å². The number of halogens is 1. The number of carbonyl (C=O) groups excluding carboxylic acids is 1. The molecule has 98 valence electrons. The molecule has 3 rings (SSSR count). The molecule has 4 unspecified atom stereocenters. The van der Waals surface area contributed by atoms with Gasteiger partial charge >= 0.3 is 0 Å². The number of hydrogen-bond donors (Lipinski definition) is 1. The number of rotatable bonds is 2. The fourth-order valence-electron chi connectivity index (χ4n) is 3.57. The molecule has 0 aromatic heterocycles. The van der Waals surface area contributed by atoms with Crippen LogP contribution in [-0.4, -0.2) is 29.9 Å². The average molecular weight is 259 g/mol. The predicted molar refractivity (Wildman–Crippen MR) is 69.9 cm³/mol. The van der Waals surface area contributed by atoms with Gasteiger partial charge in [0, 0.05) is 25.0 Å². The van der Waals surface area contributed by atoms with E-state index in [0.29, 0.717) is 29.7 Å². The summed E-state index contributed by atoms with van der Waals surface area (Å²) in [6.07, 6.45) is 4.91. The first-order chi connectivity index (χ1) is 7.66. The Morgan fingerprint density at radius 1 is 1.24 bits per heavy atom. The molecule has 1 heterocycles. The van der Waals surface area contributed by atoms with Crippen LogP contribution in [0.15, 0.2) is 0 Å². The normalized spacial score (nSPS) is 37.5. The quantitative estimate of drug-likeness (QED) is 0.819. The van der Waals surface area contributed by atoms with Gasteiger partial charge in [0.25, 0.3) is 0 Å². The van der Waals surface area contributed by atoms with Gasteiger partial charge in [-0.15, -0.1) is 12.4 Å². The van der Waals surface area contributed by atoms with Crippen LogP contribution in [0.5, 0.6) is 0 Å². The zero-order valence-corrected chi connectivity index (χ0v) is 11.3. The highest BCUT2D eigenvalue weighted by Crippen LogP contribution is 2.41. The fraction of sp³-hybridized carbons (Fsp3) is 0.923. The first-order valence-electron chi connectivity index (χ1n) is 6.71. The second-order valence-electron chi connectivity index (χ2n) is 6.03. The van der Waals surface area contributed by atoms with E-state index in [-0.39, 0.29) is 18.3 Å². The SMILES string of the molecule is CC(C(=O)N1CC2CCC(N)C2C1)C1CC1.Cl. The van der Waals surface area contributed by atoms with Crippen molar-refractivity contribution in [2.24, 2.45) is 29.4 Å². The van der Waals surface area contributed by atoms with Gasteiger partial charge in [0.15, 0.2) is 0 Å². The van der Waals surface area contributed by atoms with Crippen LogP contribution >= 0.6 is 12.4 Å². The van der Waals surface area contributed by atoms with Gasteiger partial charge in [0.05, 0.1) is 0 Å². The van der Waals surface area contributed by atoms with Gasteiger partial charge in [-0.25, -0.2) is 0 Å². The molecule has 4 atom stereocenters. The van der Waals surface area contributed by atoms with Gasteiger partial charge in [-0.2, -0.15) is 0 Å². The molecule has 3 nitrogen and oxygen atoms in total. The Hall–Kier alpha value is -0.280. The van der Waals surface area contributed by atoms with Gasteiger partial charge in [-0.1, -0.05) is 6.92 Å². The summed E-state index contributed by atoms with van der Waals surface area (Å²) in [5, 5.41) is 0. The summed E-state index contributed by atoms with van der Waals surface area (Å²) in [5.41, 5.74) is 6.09. The van der Waals surface area contributed by atoms with Gasteiger partial charge in [-0.3, -0.25) is 4.79 Å². The molecule has 1 saturated heterocycles. The highest BCUT2D eigenvalue weighted by atomic mass is 35.5. The first kappa shape index (κ1) is 13.2. The monoisotopic (exact) mass is 258 g/mol. The highest BCUT2D eigenvalue weighted by molar-refractivity contribution is 5.85. The molecule has 2 saturated carbocycles. The number of fused-ring (bicyclic) bond motifs is 1. The predicted octanol–water partition coefficient (Wildman–Crippen LogP) is 1.65. The molecule has 4 heteroatoms. The topological polar surface area (TPSA) is 46.3 Å². The Balaban J connectivity index is 0.00000108. The van der Waals surface area contributed by atoms with E-state index >= 15 is 0 Å². The molecular weight excluding hydrogens is 236 g/mol. The van der Waals surface area contributed by atoms with Crippen molar-refractivity contribution in [3.8, 4) is 0 Å². The zero-order valence-electron chi connectivity index (χ0n) is 10.5. The Bertz CT molecular complexity index is 306. The van der Waals surface area contributed by atoms with Crippen molar-refractivity contribution in [2.75, 3.05) is 13.1 Å². The highest BCUT2D eigenvalue weighted by Gasteiger charge is 2.44. The van der Waals surface area contributed by atoms with Crippen LogP contribution in [0, 0.1) is 23.7 Å². The van der Waals surface area contributed by atoms with Crippen LogP contribution in [-0.2, 0) is 4.79 Å². The van der Waals surface area contributed by atoms with Crippen molar-refractivity contribution in [1.82, 2.24) is 4.90 Å². The van der Waals surface area contributed by atoms with Crippen molar-refractivity contribution in [3.63, 3.8) is 0 Å². The molecule has 1 aliphatic heterocycles. The van der Waals surface area contributed by atoms with Crippen molar-refractivity contribution >= 4 is 18.3 Å². The molecule has 2 N–H and O–H groups in total. The minimum Gasteiger partial charge on any atom is -0.342 e. The lowest BCUT2D eigenvalue weighted by Crippen LogP contribution is -2.36. The van der Waals surface area contributed by atoms with E-state index in [1.807, 2.05) is 0 Å². The van der Waals surface area contributed by atoms with Gasteiger partial charge in [0.1, 0.15) is 0 Å². The fourth-order valence-corrected chi connectivity index (χ4v) is 3.57. The summed E-state index contributed by atoms with van der Waals surface area (Å²) in [7, 11) is 0. The van der Waals surface area contributed by atoms with Crippen LogP contribution < -0.4 is 5.73 Å². The van der Waals surface area contributed by atoms with Crippen LogP contribution in [0.1, 0.15) is 32.6 Å². The Labute approximate surface area is 110 Å². The summed E-state index contributed by atoms with van der Waals surface area (Å²) in [5.74, 6) is 2.63. The maximum Gasteiger partial charge on any atom is 0.225 e. The largest absolute Gasteiger partial charge is 0.342 e. The molecule has 3 fully saturated rings. The molecule has 0 aromatic rings. The van der Waals surface area contributed by atoms with E-state index in [2.05, 4.69) is 11.8 Å². The second kappa shape index (κ2) is 4.77. The Morgan fingerprint density at radius 3 is 2.53 bits per heavy atom. The minimum atomic E-state index is 0. The maximum absolute atomic E-state index is 12.2. The maximum atomic E-state index is 12.2. The van der Waals surface area contributed by atoms with Crippen molar-refractivity contribution in [3.05, 3.63) is 0 Å². The summed E-state index contributed by atoms with van der Waals surface area (Å²) < 4.78 is 0. The smallest absolute Gasteiger partial charge is 0.225 e. The lowest BCUT2D eigenvalue weighted by atomic mass is 9.98. The van der Waals surface area contributed by atoms with Gasteiger partial charge in [0.2, 0.25) is 5.91 Å². The lowest BCUT2D eigenvalue weighted by molar-refractivity contribution is -0.134. The Kier molecular flexibility index (Phi) is 3.69. The van der Waals surface area contributed by atoms with E-state index < -0.39 is 0 Å². The molecule has 0 aromatic carbocycles. The second-order valence-corrected chi connectivity index (χ2v) is 6.03. The molecular formula is C13H23ClN2O. The third-order valence-corrected chi connectivity index (χ3v) is 4.94. The number of likely N-dealkylation sites (tertiary alicyclic amines) is 1. The molecule has 3 aliphatic rings. The minimum absolute atomic E-state index is 0. The molecule has 17 heavy (non-hydrogen) atoms. The molecule has 0 radical (unpaired) electrons. The first-order valence-corrected chi connectivity index (χ1v) is 6.71. The average Bonchev–Trinajstić information content (AvgIpc) is 2.95. The lowest BCUT2D eigenvalue weighted by Gasteiger charge is -2.22. The molecule has 0 spiro atoms. The van der Waals surface area contributed by atoms with E-state index in [1.54, 1.807) is 0 Å². The summed E-state index contributed by atoms with van der Waals surface area (Å²) >= 11 is 0. The van der Waals surface area contributed by atoms with Crippen LogP contribution in [0.4, 0.5) is 0 Å². The summed E-state index contributed by atoms with van der Waals surface area (Å²) in [6.45, 7) is 4.02. The van der Waals surface area contributed by atoms with E-state index in [9.17, 15) is 4.79 Å². The number of carbonyl (C=O) groups is 1. The van der Waals surface area contributed by atoms with Crippen LogP contribution in [0.2, 0.25) is 0 Å². The van der Waals surface area contributed by atoms with E-state index in [0.717, 1.165) is 19.5 Å². The third kappa shape index (κ3) is 2.32. The van der Waals surface area contributed by atoms with Crippen molar-refractivity contribution in [1.29, 1.82) is 0 Å². The molecule has 1 amide bonds.